The first kappa shape index (κ1) is 17.3. The second kappa shape index (κ2) is 6.55. The van der Waals surface area contributed by atoms with Gasteiger partial charge in [-0.15, -0.1) is 0 Å². The maximum absolute atomic E-state index is 12.8. The zero-order valence-corrected chi connectivity index (χ0v) is 16.1. The van der Waals surface area contributed by atoms with E-state index in [1.807, 2.05) is 32.0 Å². The van der Waals surface area contributed by atoms with Crippen LogP contribution in [0.1, 0.15) is 16.8 Å². The van der Waals surface area contributed by atoms with E-state index in [2.05, 4.69) is 36.0 Å². The van der Waals surface area contributed by atoms with Crippen LogP contribution in [-0.2, 0) is 0 Å². The van der Waals surface area contributed by atoms with Gasteiger partial charge in [0.05, 0.1) is 27.7 Å². The Morgan fingerprint density at radius 1 is 1.07 bits per heavy atom. The molecule has 1 N–H and O–H groups in total. The van der Waals surface area contributed by atoms with Crippen LogP contribution in [0.5, 0.6) is 0 Å². The van der Waals surface area contributed by atoms with Crippen LogP contribution in [0.25, 0.3) is 5.69 Å². The molecule has 134 valence electrons. The Bertz CT molecular complexity index is 1300. The Balaban J connectivity index is 1.73. The first-order valence-electron chi connectivity index (χ1n) is 8.16. The molecule has 27 heavy (non-hydrogen) atoms. The summed E-state index contributed by atoms with van der Waals surface area (Å²) in [6, 6.07) is 10.3. The molecule has 2 amide bonds. The largest absolute Gasteiger partial charge is 0.368 e. The highest BCUT2D eigenvalue weighted by atomic mass is 79.9. The number of fused-ring (bicyclic) bond motifs is 1. The number of hydrogen-bond donors (Lipinski definition) is 1. The summed E-state index contributed by atoms with van der Waals surface area (Å²) in [6.45, 7) is 3.76. The highest BCUT2D eigenvalue weighted by Crippen LogP contribution is 2.18. The van der Waals surface area contributed by atoms with Crippen molar-refractivity contribution in [2.45, 2.75) is 13.8 Å². The van der Waals surface area contributed by atoms with Crippen LogP contribution in [-0.4, -0.2) is 22.0 Å². The zero-order chi connectivity index (χ0) is 19.1. The number of nitrogens with one attached hydrogen (secondary N) is 1. The Hall–Kier alpha value is -3.13. The molecule has 0 fully saturated rings. The average molecular weight is 424 g/mol. The zero-order valence-electron chi connectivity index (χ0n) is 14.5. The molecule has 0 unspecified atom stereocenters. The third-order valence-corrected chi connectivity index (χ3v) is 4.74. The van der Waals surface area contributed by atoms with Gasteiger partial charge in [0.25, 0.3) is 5.56 Å². The van der Waals surface area contributed by atoms with E-state index in [0.29, 0.717) is 27.7 Å². The van der Waals surface area contributed by atoms with Gasteiger partial charge >= 0.3 is 6.03 Å². The van der Waals surface area contributed by atoms with E-state index in [-0.39, 0.29) is 5.56 Å². The number of aliphatic imine (C=N–C) groups is 1. The summed E-state index contributed by atoms with van der Waals surface area (Å²) >= 11 is 3.43. The van der Waals surface area contributed by atoms with Gasteiger partial charge in [-0.25, -0.2) is 9.48 Å². The van der Waals surface area contributed by atoms with Crippen LogP contribution < -0.4 is 16.3 Å². The fourth-order valence-corrected chi connectivity index (χ4v) is 3.37. The quantitative estimate of drug-likeness (QED) is 0.655. The average Bonchev–Trinajstić information content (AvgIpc) is 3.11. The summed E-state index contributed by atoms with van der Waals surface area (Å²) in [7, 11) is 0. The molecule has 2 heterocycles. The van der Waals surface area contributed by atoms with Crippen molar-refractivity contribution >= 4 is 33.9 Å². The van der Waals surface area contributed by atoms with Crippen LogP contribution in [0, 0.1) is 13.8 Å². The lowest BCUT2D eigenvalue weighted by Crippen LogP contribution is -2.20. The van der Waals surface area contributed by atoms with Crippen molar-refractivity contribution in [1.82, 2.24) is 9.78 Å². The summed E-state index contributed by atoms with van der Waals surface area (Å²) in [5, 5.41) is 4.11. The van der Waals surface area contributed by atoms with Crippen molar-refractivity contribution in [3.8, 4) is 5.69 Å². The minimum atomic E-state index is -0.514. The van der Waals surface area contributed by atoms with Gasteiger partial charge in [-0.05, 0) is 55.8 Å². The van der Waals surface area contributed by atoms with E-state index in [9.17, 15) is 9.59 Å². The number of benzene rings is 2. The molecule has 7 nitrogen and oxygen atoms in total. The van der Waals surface area contributed by atoms with Crippen molar-refractivity contribution in [1.29, 1.82) is 0 Å². The Morgan fingerprint density at radius 2 is 1.85 bits per heavy atom. The molecule has 0 radical (unpaired) electrons. The number of halogens is 1. The maximum atomic E-state index is 12.8. The number of rotatable bonds is 3. The van der Waals surface area contributed by atoms with Crippen molar-refractivity contribution < 1.29 is 4.79 Å². The number of aryl methyl sites for hydroxylation is 2. The van der Waals surface area contributed by atoms with E-state index in [1.54, 1.807) is 18.2 Å². The lowest BCUT2D eigenvalue weighted by molar-refractivity contribution is 0.256. The topological polar surface area (TPSA) is 91.9 Å². The lowest BCUT2D eigenvalue weighted by atomic mass is 10.2. The van der Waals surface area contributed by atoms with Crippen LogP contribution in [0.4, 0.5) is 10.5 Å². The number of H-pyrrole nitrogens is 1. The molecule has 0 saturated carbocycles. The maximum Gasteiger partial charge on any atom is 0.368 e. The Morgan fingerprint density at radius 3 is 2.63 bits per heavy atom. The number of aromatic nitrogens is 2. The molecule has 0 bridgehead atoms. The normalized spacial score (nSPS) is 12.9. The summed E-state index contributed by atoms with van der Waals surface area (Å²) in [5.41, 5.74) is 3.33. The Labute approximate surface area is 161 Å². The number of urea groups is 1. The molecular formula is C19H14BrN5O2. The van der Waals surface area contributed by atoms with Crippen LogP contribution >= 0.6 is 15.9 Å². The number of hydrogen-bond acceptors (Lipinski definition) is 3. The molecule has 1 aliphatic heterocycles. The van der Waals surface area contributed by atoms with Gasteiger partial charge in [-0.3, -0.25) is 14.9 Å². The number of nitrogens with zero attached hydrogens (tertiary/aromatic N) is 4. The predicted octanol–water partition coefficient (Wildman–Crippen LogP) is 2.67. The van der Waals surface area contributed by atoms with Crippen molar-refractivity contribution in [2.24, 2.45) is 15.0 Å². The number of aromatic amines is 1. The van der Waals surface area contributed by atoms with Gasteiger partial charge in [0.2, 0.25) is 0 Å². The van der Waals surface area contributed by atoms with Gasteiger partial charge < -0.3 is 0 Å². The third kappa shape index (κ3) is 3.19. The molecule has 3 aromatic rings. The Kier molecular flexibility index (Phi) is 4.19. The van der Waals surface area contributed by atoms with Crippen LogP contribution in [0.15, 0.2) is 60.6 Å². The summed E-state index contributed by atoms with van der Waals surface area (Å²) in [6.07, 6.45) is 1.52. The number of carbonyl (C=O) groups is 1. The molecule has 1 aliphatic rings. The van der Waals surface area contributed by atoms with Gasteiger partial charge in [0, 0.05) is 16.4 Å². The summed E-state index contributed by atoms with van der Waals surface area (Å²) < 4.78 is 2.46. The minimum Gasteiger partial charge on any atom is -0.295 e. The third-order valence-electron chi connectivity index (χ3n) is 4.25. The minimum absolute atomic E-state index is 0.183. The summed E-state index contributed by atoms with van der Waals surface area (Å²) in [5.74, 6) is 0. The molecular weight excluding hydrogens is 410 g/mol. The van der Waals surface area contributed by atoms with Gasteiger partial charge in [0.1, 0.15) is 0 Å². The lowest BCUT2D eigenvalue weighted by Gasteiger charge is -2.06. The smallest absolute Gasteiger partial charge is 0.295 e. The van der Waals surface area contributed by atoms with Gasteiger partial charge in [-0.1, -0.05) is 15.9 Å². The van der Waals surface area contributed by atoms with Crippen molar-refractivity contribution in [3.63, 3.8) is 0 Å². The molecule has 0 atom stereocenters. The van der Waals surface area contributed by atoms with Crippen LogP contribution in [0.3, 0.4) is 0 Å². The van der Waals surface area contributed by atoms with Gasteiger partial charge in [0.15, 0.2) is 0 Å². The fraction of sp³-hybridized carbons (Fsp3) is 0.105. The molecule has 0 aliphatic carbocycles. The fourth-order valence-electron chi connectivity index (χ4n) is 2.90. The first-order chi connectivity index (χ1) is 12.9. The molecule has 4 rings (SSSR count). The van der Waals surface area contributed by atoms with Gasteiger partial charge in [-0.2, -0.15) is 9.98 Å². The molecule has 0 spiro atoms. The van der Waals surface area contributed by atoms with E-state index in [4.69, 9.17) is 0 Å². The summed E-state index contributed by atoms with van der Waals surface area (Å²) in [4.78, 5) is 36.0. The molecule has 0 saturated heterocycles. The van der Waals surface area contributed by atoms with E-state index >= 15 is 0 Å². The van der Waals surface area contributed by atoms with E-state index < -0.39 is 6.03 Å². The highest BCUT2D eigenvalue weighted by molar-refractivity contribution is 9.10. The second-order valence-electron chi connectivity index (χ2n) is 6.16. The molecule has 8 heteroatoms. The molecule has 1 aromatic heterocycles. The highest BCUT2D eigenvalue weighted by Gasteiger charge is 2.12. The number of carbonyl (C=O) groups excluding carboxylic acids is 1. The van der Waals surface area contributed by atoms with Crippen molar-refractivity contribution in [3.05, 3.63) is 78.8 Å². The first-order valence-corrected chi connectivity index (χ1v) is 8.95. The molecule has 2 aromatic carbocycles. The SMILES string of the molecule is Cc1cc(Br)ccc1-n1[nH]c(C)c(C=Nc2ccc3c(c2)=NC(=O)N=3)c1=O. The van der Waals surface area contributed by atoms with Crippen LogP contribution in [0.2, 0.25) is 0 Å². The standard InChI is InChI=1S/C19H14BrN5O2/c1-10-7-12(20)3-6-17(10)25-18(26)14(11(2)24-25)9-21-13-4-5-15-16(8-13)23-19(27)22-15/h3-9,24H,1-2H3. The monoisotopic (exact) mass is 423 g/mol. The van der Waals surface area contributed by atoms with E-state index in [0.717, 1.165) is 15.7 Å². The second-order valence-corrected chi connectivity index (χ2v) is 7.07. The predicted molar refractivity (Wildman–Crippen MR) is 105 cm³/mol. The number of amides is 2. The van der Waals surface area contributed by atoms with Crippen molar-refractivity contribution in [2.75, 3.05) is 0 Å². The van der Waals surface area contributed by atoms with E-state index in [1.165, 1.54) is 10.9 Å².